The van der Waals surface area contributed by atoms with Crippen LogP contribution >= 0.6 is 0 Å². The number of benzene rings is 1. The van der Waals surface area contributed by atoms with Crippen LogP contribution in [0.25, 0.3) is 0 Å². The Kier molecular flexibility index (Phi) is 4.61. The smallest absolute Gasteiger partial charge is 0.272 e. The van der Waals surface area contributed by atoms with Crippen LogP contribution in [0.5, 0.6) is 5.75 Å². The molecule has 1 aromatic heterocycles. The summed E-state index contributed by atoms with van der Waals surface area (Å²) >= 11 is 0. The van der Waals surface area contributed by atoms with E-state index in [2.05, 4.69) is 5.10 Å². The van der Waals surface area contributed by atoms with Crippen molar-refractivity contribution in [1.29, 1.82) is 0 Å². The maximum absolute atomic E-state index is 12.9. The van der Waals surface area contributed by atoms with Crippen LogP contribution in [0.2, 0.25) is 0 Å². The van der Waals surface area contributed by atoms with Crippen molar-refractivity contribution in [3.05, 3.63) is 47.3 Å². The van der Waals surface area contributed by atoms with E-state index in [1.54, 1.807) is 18.8 Å². The van der Waals surface area contributed by atoms with Crippen LogP contribution < -0.4 is 4.74 Å². The molecule has 2 aromatic rings. The number of β-lactam (4-membered cyclic amide) rings is 1. The fourth-order valence-corrected chi connectivity index (χ4v) is 4.31. The highest BCUT2D eigenvalue weighted by Gasteiger charge is 2.53. The van der Waals surface area contributed by atoms with Gasteiger partial charge in [0.1, 0.15) is 11.4 Å². The second-order valence-electron chi connectivity index (χ2n) is 7.88. The molecule has 1 aromatic carbocycles. The first-order valence-corrected chi connectivity index (χ1v) is 9.64. The van der Waals surface area contributed by atoms with E-state index in [0.29, 0.717) is 25.3 Å². The number of aryl methyl sites for hydroxylation is 2. The first-order chi connectivity index (χ1) is 13.4. The molecule has 28 heavy (non-hydrogen) atoms. The van der Waals surface area contributed by atoms with Crippen LogP contribution in [0.3, 0.4) is 0 Å². The van der Waals surface area contributed by atoms with Gasteiger partial charge in [-0.05, 0) is 43.5 Å². The Labute approximate surface area is 164 Å². The molecule has 0 atom stereocenters. The van der Waals surface area contributed by atoms with Gasteiger partial charge >= 0.3 is 0 Å². The third kappa shape index (κ3) is 3.15. The molecular weight excluding hydrogens is 356 g/mol. The van der Waals surface area contributed by atoms with Gasteiger partial charge in [0, 0.05) is 33.2 Å². The van der Waals surface area contributed by atoms with Gasteiger partial charge in [-0.2, -0.15) is 5.10 Å². The lowest BCUT2D eigenvalue weighted by atomic mass is 9.71. The first-order valence-electron chi connectivity index (χ1n) is 9.64. The van der Waals surface area contributed by atoms with Crippen molar-refractivity contribution in [2.45, 2.75) is 26.3 Å². The van der Waals surface area contributed by atoms with Gasteiger partial charge in [-0.1, -0.05) is 12.1 Å². The van der Waals surface area contributed by atoms with Gasteiger partial charge in [-0.3, -0.25) is 14.3 Å². The number of carbonyl (C=O) groups excluding carboxylic acids is 2. The van der Waals surface area contributed by atoms with Crippen molar-refractivity contribution in [1.82, 2.24) is 19.6 Å². The molecule has 4 rings (SSSR count). The molecule has 7 heteroatoms. The number of aromatic nitrogens is 2. The van der Waals surface area contributed by atoms with Crippen molar-refractivity contribution in [2.24, 2.45) is 12.5 Å². The van der Waals surface area contributed by atoms with Gasteiger partial charge in [-0.15, -0.1) is 0 Å². The Morgan fingerprint density at radius 3 is 2.43 bits per heavy atom. The lowest BCUT2D eigenvalue weighted by Crippen LogP contribution is -2.64. The molecule has 0 radical (unpaired) electrons. The maximum Gasteiger partial charge on any atom is 0.272 e. The van der Waals surface area contributed by atoms with Crippen molar-refractivity contribution in [3.8, 4) is 5.75 Å². The van der Waals surface area contributed by atoms with Gasteiger partial charge in [0.25, 0.3) is 5.91 Å². The Bertz CT molecular complexity index is 895. The van der Waals surface area contributed by atoms with E-state index < -0.39 is 0 Å². The van der Waals surface area contributed by atoms with Crippen molar-refractivity contribution >= 4 is 11.8 Å². The van der Waals surface area contributed by atoms with Crippen LogP contribution in [-0.4, -0.2) is 58.1 Å². The maximum atomic E-state index is 12.9. The molecule has 0 aliphatic carbocycles. The van der Waals surface area contributed by atoms with Gasteiger partial charge < -0.3 is 14.5 Å². The summed E-state index contributed by atoms with van der Waals surface area (Å²) in [4.78, 5) is 29.4. The van der Waals surface area contributed by atoms with Crippen LogP contribution in [0.1, 0.15) is 34.6 Å². The number of likely N-dealkylation sites (tertiary alicyclic amines) is 2. The fourth-order valence-electron chi connectivity index (χ4n) is 4.31. The molecule has 2 aliphatic rings. The second-order valence-corrected chi connectivity index (χ2v) is 7.88. The summed E-state index contributed by atoms with van der Waals surface area (Å²) in [5.41, 5.74) is 2.26. The van der Waals surface area contributed by atoms with Crippen LogP contribution in [0.4, 0.5) is 0 Å². The summed E-state index contributed by atoms with van der Waals surface area (Å²) in [7, 11) is 3.43. The molecule has 2 aliphatic heterocycles. The minimum absolute atomic E-state index is 0.000175. The monoisotopic (exact) mass is 382 g/mol. The highest BCUT2D eigenvalue weighted by Crippen LogP contribution is 2.42. The standard InChI is InChI=1S/C21H26N4O3/c1-15-12-18(23(2)22-15)19(26)24-10-8-21(9-11-24)14-25(20(21)27)13-16-4-6-17(28-3)7-5-16/h4-7,12H,8-11,13-14H2,1-3H3. The van der Waals surface area contributed by atoms with Gasteiger partial charge in [0.2, 0.25) is 5.91 Å². The molecule has 148 valence electrons. The van der Waals surface area contributed by atoms with Gasteiger partial charge in [0.15, 0.2) is 0 Å². The number of rotatable bonds is 4. The Hall–Kier alpha value is -2.83. The average molecular weight is 382 g/mol. The number of hydrogen-bond acceptors (Lipinski definition) is 4. The number of ether oxygens (including phenoxy) is 1. The predicted octanol–water partition coefficient (Wildman–Crippen LogP) is 2.00. The third-order valence-corrected chi connectivity index (χ3v) is 6.00. The quantitative estimate of drug-likeness (QED) is 0.759. The summed E-state index contributed by atoms with van der Waals surface area (Å²) in [5, 5.41) is 4.26. The highest BCUT2D eigenvalue weighted by molar-refractivity contribution is 5.93. The molecule has 0 unspecified atom stereocenters. The van der Waals surface area contributed by atoms with Crippen LogP contribution in [-0.2, 0) is 18.4 Å². The van der Waals surface area contributed by atoms with Crippen LogP contribution in [0, 0.1) is 12.3 Å². The largest absolute Gasteiger partial charge is 0.497 e. The number of amides is 2. The molecule has 1 spiro atoms. The molecule has 2 amide bonds. The molecule has 2 fully saturated rings. The molecule has 2 saturated heterocycles. The molecular formula is C21H26N4O3. The zero-order valence-electron chi connectivity index (χ0n) is 16.6. The van der Waals surface area contributed by atoms with Crippen molar-refractivity contribution in [2.75, 3.05) is 26.7 Å². The first kappa shape index (κ1) is 18.5. The zero-order valence-corrected chi connectivity index (χ0v) is 16.6. The summed E-state index contributed by atoms with van der Waals surface area (Å²) in [6.45, 7) is 4.51. The van der Waals surface area contributed by atoms with E-state index in [4.69, 9.17) is 4.74 Å². The fraction of sp³-hybridized carbons (Fsp3) is 0.476. The number of methoxy groups -OCH3 is 1. The third-order valence-electron chi connectivity index (χ3n) is 6.00. The topological polar surface area (TPSA) is 67.7 Å². The Morgan fingerprint density at radius 1 is 1.21 bits per heavy atom. The van der Waals surface area contributed by atoms with E-state index in [1.807, 2.05) is 47.1 Å². The number of nitrogens with zero attached hydrogens (tertiary/aromatic N) is 4. The zero-order chi connectivity index (χ0) is 19.9. The molecule has 0 saturated carbocycles. The highest BCUT2D eigenvalue weighted by atomic mass is 16.5. The molecule has 0 N–H and O–H groups in total. The van der Waals surface area contributed by atoms with E-state index in [-0.39, 0.29) is 17.2 Å². The number of carbonyl (C=O) groups is 2. The second kappa shape index (κ2) is 6.96. The summed E-state index contributed by atoms with van der Waals surface area (Å²) < 4.78 is 6.81. The summed E-state index contributed by atoms with van der Waals surface area (Å²) in [6, 6.07) is 9.64. The van der Waals surface area contributed by atoms with E-state index in [0.717, 1.165) is 36.4 Å². The van der Waals surface area contributed by atoms with Gasteiger partial charge in [0.05, 0.1) is 18.2 Å². The molecule has 3 heterocycles. The average Bonchev–Trinajstić information content (AvgIpc) is 3.06. The lowest BCUT2D eigenvalue weighted by molar-refractivity contribution is -0.165. The van der Waals surface area contributed by atoms with E-state index in [9.17, 15) is 9.59 Å². The SMILES string of the molecule is COc1ccc(CN2CC3(CCN(C(=O)c4cc(C)nn4C)CC3)C2=O)cc1. The molecule has 0 bridgehead atoms. The normalized spacial score (nSPS) is 18.3. The van der Waals surface area contributed by atoms with E-state index >= 15 is 0 Å². The number of hydrogen-bond donors (Lipinski definition) is 0. The molecule has 7 nitrogen and oxygen atoms in total. The Morgan fingerprint density at radius 2 is 1.89 bits per heavy atom. The van der Waals surface area contributed by atoms with Crippen molar-refractivity contribution in [3.63, 3.8) is 0 Å². The van der Waals surface area contributed by atoms with Gasteiger partial charge in [-0.25, -0.2) is 0 Å². The van der Waals surface area contributed by atoms with Crippen LogP contribution in [0.15, 0.2) is 30.3 Å². The minimum atomic E-state index is -0.286. The number of piperidine rings is 1. The van der Waals surface area contributed by atoms with Crippen molar-refractivity contribution < 1.29 is 14.3 Å². The summed E-state index contributed by atoms with van der Waals surface area (Å²) in [6.07, 6.45) is 1.46. The lowest BCUT2D eigenvalue weighted by Gasteiger charge is -2.52. The van der Waals surface area contributed by atoms with E-state index in [1.165, 1.54) is 0 Å². The summed E-state index contributed by atoms with van der Waals surface area (Å²) in [5.74, 6) is 1.03. The minimum Gasteiger partial charge on any atom is -0.497 e. The predicted molar refractivity (Wildman–Crippen MR) is 104 cm³/mol. The Balaban J connectivity index is 1.34.